The van der Waals surface area contributed by atoms with Crippen molar-refractivity contribution < 1.29 is 53.8 Å². The lowest BCUT2D eigenvalue weighted by Crippen LogP contribution is -2.35. The van der Waals surface area contributed by atoms with Crippen LogP contribution >= 0.6 is 0 Å². The number of methoxy groups -OCH3 is 1. The van der Waals surface area contributed by atoms with Crippen molar-refractivity contribution in [2.45, 2.75) is 63.3 Å². The van der Waals surface area contributed by atoms with Crippen LogP contribution in [0.1, 0.15) is 61.0 Å². The van der Waals surface area contributed by atoms with E-state index in [1.165, 1.54) is 14.0 Å². The Balaban J connectivity index is 1.72. The summed E-state index contributed by atoms with van der Waals surface area (Å²) < 4.78 is 131. The molecule has 2 aromatic rings. The minimum absolute atomic E-state index is 0.0262. The van der Waals surface area contributed by atoms with Gasteiger partial charge in [-0.15, -0.1) is 0 Å². The number of carbonyl (C=O) groups excluding carboxylic acids is 1. The van der Waals surface area contributed by atoms with E-state index in [-0.39, 0.29) is 31.9 Å². The first-order valence-corrected chi connectivity index (χ1v) is 12.9. The van der Waals surface area contributed by atoms with E-state index in [4.69, 9.17) is 15.2 Å². The normalized spacial score (nSPS) is 22.0. The van der Waals surface area contributed by atoms with Gasteiger partial charge in [0.1, 0.15) is 11.9 Å². The molecule has 1 aliphatic carbocycles. The van der Waals surface area contributed by atoms with Crippen LogP contribution in [-0.2, 0) is 17.1 Å². The Labute approximate surface area is 235 Å². The second-order valence-corrected chi connectivity index (χ2v) is 10.5. The first-order chi connectivity index (χ1) is 19.4. The molecule has 0 aromatic heterocycles. The van der Waals surface area contributed by atoms with Gasteiger partial charge in [0.25, 0.3) is 0 Å². The average Bonchev–Trinajstić information content (AvgIpc) is 3.15. The third-order valence-electron chi connectivity index (χ3n) is 7.53. The molecule has 2 aromatic carbocycles. The number of halogens is 9. The molecule has 2 N–H and O–H groups in total. The molecule has 1 fully saturated rings. The molecule has 1 aliphatic heterocycles. The number of hydrogen-bond donors (Lipinski definition) is 1. The van der Waals surface area contributed by atoms with Gasteiger partial charge in [-0.3, -0.25) is 4.90 Å². The van der Waals surface area contributed by atoms with E-state index in [2.05, 4.69) is 0 Å². The van der Waals surface area contributed by atoms with Crippen LogP contribution in [0.3, 0.4) is 0 Å². The summed E-state index contributed by atoms with van der Waals surface area (Å²) in [6.07, 6.45) is -17.9. The minimum atomic E-state index is -5.10. The Morgan fingerprint density at radius 2 is 1.60 bits per heavy atom. The highest BCUT2D eigenvalue weighted by Gasteiger charge is 2.44. The maximum absolute atomic E-state index is 13.4. The number of nitrogens with two attached hydrogens (primary N) is 1. The highest BCUT2D eigenvalue weighted by molar-refractivity contribution is 5.78. The van der Waals surface area contributed by atoms with E-state index in [0.29, 0.717) is 40.3 Å². The van der Waals surface area contributed by atoms with Gasteiger partial charge in [-0.05, 0) is 85.2 Å². The Morgan fingerprint density at radius 1 is 0.976 bits per heavy atom. The predicted octanol–water partition coefficient (Wildman–Crippen LogP) is 8.40. The fraction of sp³-hybridized carbons (Fsp3) is 0.464. The summed E-state index contributed by atoms with van der Waals surface area (Å²) in [5, 5.41) is 0. The smallest absolute Gasteiger partial charge is 0.416 e. The molecule has 3 atom stereocenters. The lowest BCUT2D eigenvalue weighted by molar-refractivity contribution is -0.145. The molecule has 1 unspecified atom stereocenters. The third kappa shape index (κ3) is 6.89. The summed E-state index contributed by atoms with van der Waals surface area (Å²) in [5.41, 5.74) is 4.22. The van der Waals surface area contributed by atoms with Gasteiger partial charge in [-0.25, -0.2) is 4.79 Å². The Bertz CT molecular complexity index is 1330. The monoisotopic (exact) mass is 610 g/mol. The van der Waals surface area contributed by atoms with Gasteiger partial charge in [-0.2, -0.15) is 39.5 Å². The molecule has 0 bridgehead atoms. The highest BCUT2D eigenvalue weighted by Crippen LogP contribution is 2.45. The summed E-state index contributed by atoms with van der Waals surface area (Å²) in [7, 11) is 1.40. The van der Waals surface area contributed by atoms with E-state index in [1.807, 2.05) is 0 Å². The molecule has 0 spiro atoms. The van der Waals surface area contributed by atoms with Crippen molar-refractivity contribution in [3.05, 3.63) is 64.2 Å². The average molecular weight is 611 g/mol. The first kappa shape index (κ1) is 31.4. The number of amides is 1. The maximum Gasteiger partial charge on any atom is 0.416 e. The molecular weight excluding hydrogens is 583 g/mol. The number of allylic oxidation sites excluding steroid dienone is 1. The zero-order valence-corrected chi connectivity index (χ0v) is 22.4. The first-order valence-electron chi connectivity index (χ1n) is 12.9. The lowest BCUT2D eigenvalue weighted by atomic mass is 9.79. The van der Waals surface area contributed by atoms with Crippen LogP contribution < -0.4 is 10.5 Å². The standard InChI is InChI=1S/C28H27F9N2O3/c1-14-24(16-8-18(27(32,33)34)10-19(9-16)28(35,36)37)42-25(40)39(14)13-17-7-15(12-26(29,30)31)3-5-21(17)22-11-20(38)4-6-23(22)41-2/h4,6,8-11,14-15,24H,3,5,7,12-13,38H2,1-2H3/t14-,15?,24-/m0/s1. The van der Waals surface area contributed by atoms with Crippen molar-refractivity contribution in [3.63, 3.8) is 0 Å². The quantitative estimate of drug-likeness (QED) is 0.264. The van der Waals surface area contributed by atoms with Crippen molar-refractivity contribution in [3.8, 4) is 5.75 Å². The van der Waals surface area contributed by atoms with Crippen molar-refractivity contribution >= 4 is 17.4 Å². The van der Waals surface area contributed by atoms with Gasteiger partial charge < -0.3 is 15.2 Å². The minimum Gasteiger partial charge on any atom is -0.496 e. The molecule has 1 saturated heterocycles. The van der Waals surface area contributed by atoms with Gasteiger partial charge in [0.2, 0.25) is 0 Å². The van der Waals surface area contributed by atoms with Gasteiger partial charge in [0.05, 0.1) is 24.3 Å². The number of nitrogen functional groups attached to an aromatic ring is 1. The van der Waals surface area contributed by atoms with E-state index in [1.54, 1.807) is 18.2 Å². The molecule has 0 radical (unpaired) electrons. The number of hydrogen-bond acceptors (Lipinski definition) is 4. The maximum atomic E-state index is 13.4. The van der Waals surface area contributed by atoms with Gasteiger partial charge >= 0.3 is 24.6 Å². The van der Waals surface area contributed by atoms with E-state index < -0.39 is 65.8 Å². The van der Waals surface area contributed by atoms with Crippen LogP contribution in [0.25, 0.3) is 5.57 Å². The number of nitrogens with zero attached hydrogens (tertiary/aromatic N) is 1. The number of rotatable bonds is 6. The van der Waals surface area contributed by atoms with Gasteiger partial charge in [-0.1, -0.05) is 0 Å². The van der Waals surface area contributed by atoms with Gasteiger partial charge in [0.15, 0.2) is 0 Å². The number of ether oxygens (including phenoxy) is 2. The number of anilines is 1. The zero-order valence-electron chi connectivity index (χ0n) is 22.4. The number of carbonyl (C=O) groups is 1. The topological polar surface area (TPSA) is 64.8 Å². The molecule has 2 aliphatic rings. The van der Waals surface area contributed by atoms with Crippen LogP contribution in [0.5, 0.6) is 5.75 Å². The molecular formula is C28H27F9N2O3. The molecule has 1 amide bonds. The fourth-order valence-corrected chi connectivity index (χ4v) is 5.56. The number of benzene rings is 2. The largest absolute Gasteiger partial charge is 0.496 e. The van der Waals surface area contributed by atoms with E-state index >= 15 is 0 Å². The van der Waals surface area contributed by atoms with E-state index in [0.717, 1.165) is 4.90 Å². The van der Waals surface area contributed by atoms with E-state index in [9.17, 15) is 44.3 Å². The summed E-state index contributed by atoms with van der Waals surface area (Å²) >= 11 is 0. The molecule has 42 heavy (non-hydrogen) atoms. The highest BCUT2D eigenvalue weighted by atomic mass is 19.4. The summed E-state index contributed by atoms with van der Waals surface area (Å²) in [5.74, 6) is -0.414. The fourth-order valence-electron chi connectivity index (χ4n) is 5.56. The lowest BCUT2D eigenvalue weighted by Gasteiger charge is -2.32. The SMILES string of the molecule is COc1ccc(N)cc1C1=C(CN2C(=O)O[C@H](c3cc(C(F)(F)F)cc(C(F)(F)F)c3)[C@@H]2C)CC(CC(F)(F)F)CC1. The van der Waals surface area contributed by atoms with Crippen LogP contribution in [0.4, 0.5) is 50.0 Å². The second-order valence-electron chi connectivity index (χ2n) is 10.5. The van der Waals surface area contributed by atoms with Crippen LogP contribution in [0, 0.1) is 5.92 Å². The number of alkyl halides is 9. The van der Waals surface area contributed by atoms with Crippen molar-refractivity contribution in [1.82, 2.24) is 4.90 Å². The van der Waals surface area contributed by atoms with Crippen molar-refractivity contribution in [2.24, 2.45) is 5.92 Å². The Hall–Kier alpha value is -3.58. The Kier molecular flexibility index (Phi) is 8.40. The molecule has 5 nitrogen and oxygen atoms in total. The summed E-state index contributed by atoms with van der Waals surface area (Å²) in [4.78, 5) is 14.0. The Morgan fingerprint density at radius 3 is 2.14 bits per heavy atom. The summed E-state index contributed by atoms with van der Waals surface area (Å²) in [6.45, 7) is 1.13. The van der Waals surface area contributed by atoms with Crippen molar-refractivity contribution in [1.29, 1.82) is 0 Å². The molecule has 1 heterocycles. The summed E-state index contributed by atoms with van der Waals surface area (Å²) in [6, 6.07) is 4.67. The number of cyclic esters (lactones) is 1. The third-order valence-corrected chi connectivity index (χ3v) is 7.53. The van der Waals surface area contributed by atoms with Gasteiger partial charge in [0, 0.05) is 24.2 Å². The van der Waals surface area contributed by atoms with Crippen LogP contribution in [0.15, 0.2) is 42.0 Å². The predicted molar refractivity (Wildman–Crippen MR) is 134 cm³/mol. The zero-order chi connectivity index (χ0) is 31.2. The molecule has 0 saturated carbocycles. The van der Waals surface area contributed by atoms with Crippen molar-refractivity contribution in [2.75, 3.05) is 19.4 Å². The molecule has 14 heteroatoms. The molecule has 230 valence electrons. The van der Waals surface area contributed by atoms with Crippen LogP contribution in [0.2, 0.25) is 0 Å². The second kappa shape index (κ2) is 11.3. The molecule has 4 rings (SSSR count). The van der Waals surface area contributed by atoms with Crippen LogP contribution in [-0.4, -0.2) is 36.9 Å².